The average Bonchev–Trinajstić information content (AvgIpc) is 2.29. The first-order valence-electron chi connectivity index (χ1n) is 5.02. The summed E-state index contributed by atoms with van der Waals surface area (Å²) in [6.45, 7) is 1.44. The van der Waals surface area contributed by atoms with Gasteiger partial charge in [-0.1, -0.05) is 18.2 Å². The van der Waals surface area contributed by atoms with Crippen LogP contribution in [0.15, 0.2) is 30.0 Å². The van der Waals surface area contributed by atoms with Crippen molar-refractivity contribution in [3.05, 3.63) is 35.6 Å². The second-order valence-corrected chi connectivity index (χ2v) is 3.64. The Labute approximate surface area is 83.1 Å². The number of fused-ring (bicyclic) bond motifs is 2. The molecule has 1 aromatic rings. The van der Waals surface area contributed by atoms with E-state index in [0.717, 1.165) is 31.0 Å². The number of rotatable bonds is 0. The van der Waals surface area contributed by atoms with Crippen molar-refractivity contribution < 1.29 is 9.47 Å². The molecular formula is C12H12O2. The van der Waals surface area contributed by atoms with Crippen LogP contribution < -0.4 is 4.74 Å². The molecule has 2 nitrogen and oxygen atoms in total. The van der Waals surface area contributed by atoms with Gasteiger partial charge < -0.3 is 9.47 Å². The smallest absolute Gasteiger partial charge is 0.146 e. The van der Waals surface area contributed by atoms with E-state index in [2.05, 4.69) is 6.07 Å². The van der Waals surface area contributed by atoms with E-state index in [1.54, 1.807) is 0 Å². The Morgan fingerprint density at radius 1 is 1.07 bits per heavy atom. The summed E-state index contributed by atoms with van der Waals surface area (Å²) in [5.41, 5.74) is 2.56. The Balaban J connectivity index is 2.13. The summed E-state index contributed by atoms with van der Waals surface area (Å²) in [5.74, 6) is 2.03. The zero-order valence-electron chi connectivity index (χ0n) is 7.95. The highest BCUT2D eigenvalue weighted by Crippen LogP contribution is 2.37. The number of hydrogen-bond acceptors (Lipinski definition) is 2. The molecule has 0 saturated carbocycles. The second kappa shape index (κ2) is 3.05. The van der Waals surface area contributed by atoms with Gasteiger partial charge in [-0.2, -0.15) is 0 Å². The number of allylic oxidation sites excluding steroid dienone is 1. The molecule has 0 aliphatic carbocycles. The van der Waals surface area contributed by atoms with Crippen LogP contribution in [0, 0.1) is 0 Å². The highest BCUT2D eigenvalue weighted by Gasteiger charge is 2.23. The topological polar surface area (TPSA) is 18.5 Å². The Morgan fingerprint density at radius 3 is 3.00 bits per heavy atom. The normalized spacial score (nSPS) is 19.1. The first kappa shape index (κ1) is 7.92. The Kier molecular flexibility index (Phi) is 1.72. The summed E-state index contributed by atoms with van der Waals surface area (Å²) >= 11 is 0. The highest BCUT2D eigenvalue weighted by atomic mass is 16.5. The van der Waals surface area contributed by atoms with Crippen LogP contribution in [0.4, 0.5) is 0 Å². The van der Waals surface area contributed by atoms with Gasteiger partial charge in [0.15, 0.2) is 0 Å². The van der Waals surface area contributed by atoms with Crippen LogP contribution >= 0.6 is 0 Å². The van der Waals surface area contributed by atoms with Crippen molar-refractivity contribution in [2.45, 2.75) is 12.8 Å². The maximum absolute atomic E-state index is 5.61. The molecule has 0 atom stereocenters. The van der Waals surface area contributed by atoms with Gasteiger partial charge in [-0.3, -0.25) is 0 Å². The van der Waals surface area contributed by atoms with Crippen LogP contribution in [-0.2, 0) is 4.74 Å². The second-order valence-electron chi connectivity index (χ2n) is 3.64. The third-order valence-corrected chi connectivity index (χ3v) is 2.75. The maximum atomic E-state index is 5.61. The van der Waals surface area contributed by atoms with Gasteiger partial charge in [0, 0.05) is 11.1 Å². The lowest BCUT2D eigenvalue weighted by Gasteiger charge is -2.27. The van der Waals surface area contributed by atoms with Gasteiger partial charge in [-0.05, 0) is 18.9 Å². The molecule has 0 fully saturated rings. The molecule has 0 N–H and O–H groups in total. The van der Waals surface area contributed by atoms with Crippen LogP contribution in [0.5, 0.6) is 5.75 Å². The first-order chi connectivity index (χ1) is 6.95. The van der Waals surface area contributed by atoms with E-state index in [-0.39, 0.29) is 0 Å². The van der Waals surface area contributed by atoms with Crippen LogP contribution in [0.1, 0.15) is 18.4 Å². The minimum Gasteiger partial charge on any atom is -0.494 e. The van der Waals surface area contributed by atoms with Crippen molar-refractivity contribution in [3.63, 3.8) is 0 Å². The molecule has 0 radical (unpaired) electrons. The minimum atomic E-state index is 0.604. The third kappa shape index (κ3) is 1.10. The molecule has 1 aromatic carbocycles. The van der Waals surface area contributed by atoms with Crippen LogP contribution in [-0.4, -0.2) is 13.2 Å². The quantitative estimate of drug-likeness (QED) is 0.623. The highest BCUT2D eigenvalue weighted by molar-refractivity contribution is 5.74. The largest absolute Gasteiger partial charge is 0.494 e. The molecule has 2 heteroatoms. The Hall–Kier alpha value is -1.44. The van der Waals surface area contributed by atoms with Crippen molar-refractivity contribution >= 4 is 5.57 Å². The predicted molar refractivity (Wildman–Crippen MR) is 54.0 cm³/mol. The van der Waals surface area contributed by atoms with Gasteiger partial charge in [0.25, 0.3) is 0 Å². The minimum absolute atomic E-state index is 0.604. The number of benzene rings is 1. The van der Waals surface area contributed by atoms with Gasteiger partial charge in [0.2, 0.25) is 0 Å². The number of para-hydroxylation sites is 1. The zero-order valence-corrected chi connectivity index (χ0v) is 7.95. The molecule has 0 unspecified atom stereocenters. The molecular weight excluding hydrogens is 176 g/mol. The molecule has 2 aliphatic rings. The van der Waals surface area contributed by atoms with E-state index in [1.165, 1.54) is 11.1 Å². The van der Waals surface area contributed by atoms with Crippen LogP contribution in [0.3, 0.4) is 0 Å². The summed E-state index contributed by atoms with van der Waals surface area (Å²) in [7, 11) is 0. The van der Waals surface area contributed by atoms with Crippen LogP contribution in [0.25, 0.3) is 5.57 Å². The molecule has 2 heterocycles. The monoisotopic (exact) mass is 188 g/mol. The molecule has 0 bridgehead atoms. The SMILES string of the molecule is c1ccc2c(c1)OCC1=C2CCCO1. The van der Waals surface area contributed by atoms with Crippen molar-refractivity contribution in [3.8, 4) is 5.75 Å². The number of ether oxygens (including phenoxy) is 2. The molecule has 14 heavy (non-hydrogen) atoms. The van der Waals surface area contributed by atoms with Gasteiger partial charge in [0.1, 0.15) is 18.1 Å². The van der Waals surface area contributed by atoms with Crippen molar-refractivity contribution in [1.29, 1.82) is 0 Å². The average molecular weight is 188 g/mol. The van der Waals surface area contributed by atoms with E-state index >= 15 is 0 Å². The molecule has 0 amide bonds. The van der Waals surface area contributed by atoms with Gasteiger partial charge in [0.05, 0.1) is 6.61 Å². The first-order valence-corrected chi connectivity index (χ1v) is 5.02. The Bertz CT molecular complexity index is 393. The maximum Gasteiger partial charge on any atom is 0.146 e. The molecule has 3 rings (SSSR count). The summed E-state index contributed by atoms with van der Waals surface area (Å²) in [6.07, 6.45) is 2.24. The van der Waals surface area contributed by atoms with Crippen molar-refractivity contribution in [2.24, 2.45) is 0 Å². The van der Waals surface area contributed by atoms with Gasteiger partial charge in [-0.25, -0.2) is 0 Å². The van der Waals surface area contributed by atoms with E-state index in [1.807, 2.05) is 18.2 Å². The van der Waals surface area contributed by atoms with E-state index in [0.29, 0.717) is 6.61 Å². The van der Waals surface area contributed by atoms with Crippen molar-refractivity contribution in [2.75, 3.05) is 13.2 Å². The van der Waals surface area contributed by atoms with Gasteiger partial charge in [-0.15, -0.1) is 0 Å². The summed E-state index contributed by atoms with van der Waals surface area (Å²) < 4.78 is 11.2. The lowest BCUT2D eigenvalue weighted by molar-refractivity contribution is 0.153. The third-order valence-electron chi connectivity index (χ3n) is 2.75. The van der Waals surface area contributed by atoms with E-state index in [9.17, 15) is 0 Å². The number of hydrogen-bond donors (Lipinski definition) is 0. The predicted octanol–water partition coefficient (Wildman–Crippen LogP) is 2.60. The summed E-state index contributed by atoms with van der Waals surface area (Å²) in [5, 5.41) is 0. The standard InChI is InChI=1S/C12H12O2/c1-2-6-11-9(4-1)10-5-3-7-13-12(10)8-14-11/h1-2,4,6H,3,5,7-8H2. The fourth-order valence-corrected chi connectivity index (χ4v) is 2.07. The summed E-state index contributed by atoms with van der Waals surface area (Å²) in [6, 6.07) is 8.19. The van der Waals surface area contributed by atoms with Gasteiger partial charge >= 0.3 is 0 Å². The van der Waals surface area contributed by atoms with Crippen molar-refractivity contribution in [1.82, 2.24) is 0 Å². The zero-order chi connectivity index (χ0) is 9.38. The van der Waals surface area contributed by atoms with E-state index in [4.69, 9.17) is 9.47 Å². The van der Waals surface area contributed by atoms with Crippen LogP contribution in [0.2, 0.25) is 0 Å². The fourth-order valence-electron chi connectivity index (χ4n) is 2.07. The lowest BCUT2D eigenvalue weighted by atomic mass is 9.96. The fraction of sp³-hybridized carbons (Fsp3) is 0.333. The molecule has 0 aromatic heterocycles. The summed E-state index contributed by atoms with van der Waals surface area (Å²) in [4.78, 5) is 0. The molecule has 2 aliphatic heterocycles. The molecule has 0 spiro atoms. The lowest BCUT2D eigenvalue weighted by Crippen LogP contribution is -2.17. The van der Waals surface area contributed by atoms with E-state index < -0.39 is 0 Å². The molecule has 0 saturated heterocycles. The molecule has 72 valence electrons. The Morgan fingerprint density at radius 2 is 2.00 bits per heavy atom.